The number of amides is 2. The maximum atomic E-state index is 13.3. The molecule has 0 N–H and O–H groups in total. The first-order chi connectivity index (χ1) is 15.2. The average molecular weight is 439 g/mol. The van der Waals surface area contributed by atoms with E-state index in [4.69, 9.17) is 9.47 Å². The van der Waals surface area contributed by atoms with E-state index in [1.54, 1.807) is 14.2 Å². The summed E-state index contributed by atoms with van der Waals surface area (Å²) >= 11 is 0. The van der Waals surface area contributed by atoms with E-state index in [9.17, 15) is 14.4 Å². The summed E-state index contributed by atoms with van der Waals surface area (Å²) in [7, 11) is 3.30. The largest absolute Gasteiger partial charge is 0.496 e. The Hall–Kier alpha value is -3.09. The molecule has 2 aromatic carbocycles. The molecule has 0 saturated carbocycles. The van der Waals surface area contributed by atoms with Crippen molar-refractivity contribution in [1.82, 2.24) is 9.80 Å². The third kappa shape index (κ3) is 4.04. The van der Waals surface area contributed by atoms with Crippen molar-refractivity contribution in [3.05, 3.63) is 42.0 Å². The van der Waals surface area contributed by atoms with Crippen molar-refractivity contribution < 1.29 is 23.9 Å². The molecule has 7 heteroatoms. The number of hydrogen-bond acceptors (Lipinski definition) is 5. The maximum absolute atomic E-state index is 13.3. The van der Waals surface area contributed by atoms with Gasteiger partial charge in [-0.3, -0.25) is 9.59 Å². The second-order valence-electron chi connectivity index (χ2n) is 9.28. The SMILES string of the molecule is COc1ccc(C(=O)N2CCC(C(=O)N(C)C3CC(C)(C)OC3=O)CC2)c2ccccc12. The molecule has 2 amide bonds. The number of esters is 1. The lowest BCUT2D eigenvalue weighted by Crippen LogP contribution is -2.47. The molecule has 7 nitrogen and oxygen atoms in total. The van der Waals surface area contributed by atoms with Crippen LogP contribution in [-0.4, -0.2) is 66.5 Å². The molecule has 0 aliphatic carbocycles. The van der Waals surface area contributed by atoms with Gasteiger partial charge in [-0.15, -0.1) is 0 Å². The van der Waals surface area contributed by atoms with Crippen LogP contribution in [0.5, 0.6) is 5.75 Å². The minimum absolute atomic E-state index is 0.0378. The van der Waals surface area contributed by atoms with Crippen molar-refractivity contribution in [2.24, 2.45) is 5.92 Å². The van der Waals surface area contributed by atoms with E-state index in [1.165, 1.54) is 4.90 Å². The fourth-order valence-electron chi connectivity index (χ4n) is 4.80. The van der Waals surface area contributed by atoms with Crippen LogP contribution in [0.2, 0.25) is 0 Å². The van der Waals surface area contributed by atoms with E-state index in [0.717, 1.165) is 16.5 Å². The van der Waals surface area contributed by atoms with Gasteiger partial charge in [0.05, 0.1) is 7.11 Å². The Morgan fingerprint density at radius 1 is 1.09 bits per heavy atom. The summed E-state index contributed by atoms with van der Waals surface area (Å²) in [6.07, 6.45) is 1.65. The van der Waals surface area contributed by atoms with Gasteiger partial charge in [0.1, 0.15) is 17.4 Å². The van der Waals surface area contributed by atoms with E-state index in [2.05, 4.69) is 0 Å². The smallest absolute Gasteiger partial charge is 0.329 e. The molecule has 170 valence electrons. The van der Waals surface area contributed by atoms with Crippen molar-refractivity contribution >= 4 is 28.6 Å². The molecule has 32 heavy (non-hydrogen) atoms. The van der Waals surface area contributed by atoms with Crippen LogP contribution in [0.15, 0.2) is 36.4 Å². The van der Waals surface area contributed by atoms with E-state index < -0.39 is 11.6 Å². The van der Waals surface area contributed by atoms with Crippen LogP contribution in [0.3, 0.4) is 0 Å². The average Bonchev–Trinajstić information content (AvgIpc) is 3.09. The Kier molecular flexibility index (Phi) is 5.84. The molecule has 2 fully saturated rings. The Morgan fingerprint density at radius 2 is 1.75 bits per heavy atom. The predicted octanol–water partition coefficient (Wildman–Crippen LogP) is 3.25. The number of likely N-dealkylation sites (N-methyl/N-ethyl adjacent to an activating group) is 1. The van der Waals surface area contributed by atoms with Gasteiger partial charge >= 0.3 is 5.97 Å². The lowest BCUT2D eigenvalue weighted by atomic mass is 9.93. The molecule has 2 heterocycles. The summed E-state index contributed by atoms with van der Waals surface area (Å²) in [5.41, 5.74) is 0.0898. The van der Waals surface area contributed by atoms with E-state index >= 15 is 0 Å². The van der Waals surface area contributed by atoms with Gasteiger partial charge in [0, 0.05) is 43.4 Å². The first kappa shape index (κ1) is 22.1. The molecule has 0 bridgehead atoms. The number of benzene rings is 2. The van der Waals surface area contributed by atoms with Crippen molar-refractivity contribution in [3.8, 4) is 5.75 Å². The Balaban J connectivity index is 1.43. The number of cyclic esters (lactones) is 1. The zero-order chi connectivity index (χ0) is 23.0. The number of ether oxygens (including phenoxy) is 2. The van der Waals surface area contributed by atoms with Gasteiger partial charge in [-0.25, -0.2) is 4.79 Å². The number of carbonyl (C=O) groups excluding carboxylic acids is 3. The molecule has 2 saturated heterocycles. The molecule has 0 radical (unpaired) electrons. The van der Waals surface area contributed by atoms with Crippen LogP contribution in [0, 0.1) is 5.92 Å². The Labute approximate surface area is 188 Å². The van der Waals surface area contributed by atoms with Crippen molar-refractivity contribution in [1.29, 1.82) is 0 Å². The van der Waals surface area contributed by atoms with Gasteiger partial charge in [0.15, 0.2) is 0 Å². The first-order valence-corrected chi connectivity index (χ1v) is 11.1. The monoisotopic (exact) mass is 438 g/mol. The minimum Gasteiger partial charge on any atom is -0.496 e. The minimum atomic E-state index is -0.548. The Morgan fingerprint density at radius 3 is 2.34 bits per heavy atom. The molecule has 2 aliphatic rings. The molecule has 2 aromatic rings. The third-order valence-corrected chi connectivity index (χ3v) is 6.61. The second-order valence-corrected chi connectivity index (χ2v) is 9.28. The van der Waals surface area contributed by atoms with E-state index in [0.29, 0.717) is 37.9 Å². The summed E-state index contributed by atoms with van der Waals surface area (Å²) in [5, 5.41) is 1.76. The van der Waals surface area contributed by atoms with Gasteiger partial charge in [0.2, 0.25) is 5.91 Å². The van der Waals surface area contributed by atoms with Crippen molar-refractivity contribution in [3.63, 3.8) is 0 Å². The number of rotatable bonds is 4. The standard InChI is InChI=1S/C25H30N2O5/c1-25(2)15-20(24(30)32-25)26(3)22(28)16-11-13-27(14-12-16)23(29)19-9-10-21(31-4)18-8-6-5-7-17(18)19/h5-10,16,20H,11-15H2,1-4H3. The highest BCUT2D eigenvalue weighted by molar-refractivity contribution is 6.08. The predicted molar refractivity (Wildman–Crippen MR) is 120 cm³/mol. The van der Waals surface area contributed by atoms with Crippen molar-refractivity contribution in [2.45, 2.75) is 44.8 Å². The fraction of sp³-hybridized carbons (Fsp3) is 0.480. The zero-order valence-electron chi connectivity index (χ0n) is 19.1. The number of hydrogen-bond donors (Lipinski definition) is 0. The van der Waals surface area contributed by atoms with E-state index in [1.807, 2.05) is 55.1 Å². The highest BCUT2D eigenvalue weighted by Crippen LogP contribution is 2.32. The molecular weight excluding hydrogens is 408 g/mol. The van der Waals surface area contributed by atoms with Crippen LogP contribution in [-0.2, 0) is 14.3 Å². The van der Waals surface area contributed by atoms with Gasteiger partial charge in [-0.1, -0.05) is 24.3 Å². The van der Waals surface area contributed by atoms with Gasteiger partial charge in [-0.2, -0.15) is 0 Å². The number of nitrogens with zero attached hydrogens (tertiary/aromatic N) is 2. The van der Waals surface area contributed by atoms with Crippen LogP contribution < -0.4 is 4.74 Å². The number of methoxy groups -OCH3 is 1. The van der Waals surface area contributed by atoms with Crippen molar-refractivity contribution in [2.75, 3.05) is 27.2 Å². The topological polar surface area (TPSA) is 76.2 Å². The van der Waals surface area contributed by atoms with Gasteiger partial charge in [0.25, 0.3) is 5.91 Å². The van der Waals surface area contributed by atoms with Crippen LogP contribution in [0.25, 0.3) is 10.8 Å². The summed E-state index contributed by atoms with van der Waals surface area (Å²) in [5.74, 6) is 0.104. The summed E-state index contributed by atoms with van der Waals surface area (Å²) in [4.78, 5) is 41.9. The Bertz CT molecular complexity index is 1060. The van der Waals surface area contributed by atoms with Crippen LogP contribution >= 0.6 is 0 Å². The highest BCUT2D eigenvalue weighted by atomic mass is 16.6. The summed E-state index contributed by atoms with van der Waals surface area (Å²) < 4.78 is 10.8. The zero-order valence-corrected chi connectivity index (χ0v) is 19.1. The second kappa shape index (κ2) is 8.45. The quantitative estimate of drug-likeness (QED) is 0.685. The fourth-order valence-corrected chi connectivity index (χ4v) is 4.80. The third-order valence-electron chi connectivity index (χ3n) is 6.61. The number of carbonyl (C=O) groups is 3. The van der Waals surface area contributed by atoms with Gasteiger partial charge < -0.3 is 19.3 Å². The lowest BCUT2D eigenvalue weighted by Gasteiger charge is -2.34. The molecule has 1 atom stereocenters. The number of piperidine rings is 1. The molecule has 2 aliphatic heterocycles. The van der Waals surface area contributed by atoms with Crippen LogP contribution in [0.4, 0.5) is 0 Å². The molecule has 4 rings (SSSR count). The van der Waals surface area contributed by atoms with Gasteiger partial charge in [-0.05, 0) is 44.2 Å². The summed E-state index contributed by atoms with van der Waals surface area (Å²) in [6, 6.07) is 10.8. The molecule has 1 unspecified atom stereocenters. The molecular formula is C25H30N2O5. The molecule has 0 aromatic heterocycles. The maximum Gasteiger partial charge on any atom is 0.329 e. The lowest BCUT2D eigenvalue weighted by molar-refractivity contribution is -0.153. The number of fused-ring (bicyclic) bond motifs is 1. The molecule has 0 spiro atoms. The van der Waals surface area contributed by atoms with Crippen LogP contribution in [0.1, 0.15) is 43.5 Å². The summed E-state index contributed by atoms with van der Waals surface area (Å²) in [6.45, 7) is 4.72. The number of likely N-dealkylation sites (tertiary alicyclic amines) is 1. The first-order valence-electron chi connectivity index (χ1n) is 11.1. The van der Waals surface area contributed by atoms with E-state index in [-0.39, 0.29) is 23.7 Å². The highest BCUT2D eigenvalue weighted by Gasteiger charge is 2.44. The normalized spacial score (nSPS) is 20.8.